The van der Waals surface area contributed by atoms with Crippen molar-refractivity contribution in [3.05, 3.63) is 0 Å². The van der Waals surface area contributed by atoms with Crippen LogP contribution in [0, 0.1) is 5.92 Å². The lowest BCUT2D eigenvalue weighted by atomic mass is 9.94. The molecule has 6 nitrogen and oxygen atoms in total. The van der Waals surface area contributed by atoms with Crippen LogP contribution in [0.15, 0.2) is 0 Å². The lowest BCUT2D eigenvalue weighted by Crippen LogP contribution is -2.68. The summed E-state index contributed by atoms with van der Waals surface area (Å²) in [7, 11) is -2.94. The van der Waals surface area contributed by atoms with Crippen LogP contribution in [0.4, 0.5) is 0 Å². The number of hydrogen-bond donors (Lipinski definition) is 0. The SMILES string of the molecule is CC(O[Si](C)(C)C(C)(C)C)C1C(=O)N(S(=O)(=O)Cl)C1O[Si](C)(C)C. The van der Waals surface area contributed by atoms with Gasteiger partial charge in [0.15, 0.2) is 22.9 Å². The van der Waals surface area contributed by atoms with Gasteiger partial charge in [-0.15, -0.1) is 0 Å². The van der Waals surface area contributed by atoms with E-state index < -0.39 is 50.0 Å². The summed E-state index contributed by atoms with van der Waals surface area (Å²) in [6.07, 6.45) is -1.32. The number of amides is 1. The van der Waals surface area contributed by atoms with Gasteiger partial charge in [0.2, 0.25) is 5.91 Å². The van der Waals surface area contributed by atoms with Gasteiger partial charge in [0, 0.05) is 10.7 Å². The highest BCUT2D eigenvalue weighted by Crippen LogP contribution is 2.42. The van der Waals surface area contributed by atoms with E-state index in [0.717, 1.165) is 0 Å². The molecule has 0 aliphatic carbocycles. The van der Waals surface area contributed by atoms with Crippen molar-refractivity contribution >= 4 is 42.5 Å². The fourth-order valence-corrected chi connectivity index (χ4v) is 6.00. The molecule has 3 unspecified atom stereocenters. The second-order valence-electron chi connectivity index (χ2n) is 8.81. The van der Waals surface area contributed by atoms with Crippen LogP contribution in [-0.2, 0) is 22.9 Å². The van der Waals surface area contributed by atoms with E-state index in [2.05, 4.69) is 33.9 Å². The first-order valence-electron chi connectivity index (χ1n) is 8.02. The van der Waals surface area contributed by atoms with Crippen LogP contribution in [0.5, 0.6) is 0 Å². The lowest BCUT2D eigenvalue weighted by Gasteiger charge is -2.50. The van der Waals surface area contributed by atoms with E-state index in [1.165, 1.54) is 0 Å². The number of carbonyl (C=O) groups excluding carboxylic acids is 1. The standard InChI is InChI=1S/C14H30ClNO5SSi2/c1-10(20-24(8,9)14(2,3)4)11-12(17)16(22(15,18)19)13(11)21-23(5,6)7/h10-11,13H,1-9H3. The monoisotopic (exact) mass is 415 g/mol. The fraction of sp³-hybridized carbons (Fsp3) is 0.929. The topological polar surface area (TPSA) is 72.9 Å². The maximum Gasteiger partial charge on any atom is 0.326 e. The van der Waals surface area contributed by atoms with Crippen LogP contribution in [0.2, 0.25) is 37.8 Å². The Kier molecular flexibility index (Phi) is 6.13. The van der Waals surface area contributed by atoms with Gasteiger partial charge in [0.1, 0.15) is 5.92 Å². The molecule has 1 aliphatic rings. The number of carbonyl (C=O) groups is 1. The Bertz CT molecular complexity index is 597. The van der Waals surface area contributed by atoms with E-state index in [1.54, 1.807) is 0 Å². The van der Waals surface area contributed by atoms with Gasteiger partial charge in [0.05, 0.1) is 6.10 Å². The van der Waals surface area contributed by atoms with E-state index in [-0.39, 0.29) is 5.04 Å². The summed E-state index contributed by atoms with van der Waals surface area (Å²) in [6.45, 7) is 18.1. The van der Waals surface area contributed by atoms with Crippen molar-refractivity contribution in [3.8, 4) is 0 Å². The minimum absolute atomic E-state index is 0.0125. The van der Waals surface area contributed by atoms with E-state index in [1.807, 2.05) is 26.6 Å². The Morgan fingerprint density at radius 3 is 1.96 bits per heavy atom. The first kappa shape index (κ1) is 22.1. The van der Waals surface area contributed by atoms with Gasteiger partial charge in [-0.3, -0.25) is 4.79 Å². The van der Waals surface area contributed by atoms with Gasteiger partial charge in [-0.2, -0.15) is 12.7 Å². The summed E-state index contributed by atoms with van der Waals surface area (Å²) >= 11 is 0. The minimum Gasteiger partial charge on any atom is -0.413 e. The zero-order valence-electron chi connectivity index (χ0n) is 16.0. The molecular formula is C14H30ClNO5SSi2. The van der Waals surface area contributed by atoms with E-state index in [4.69, 9.17) is 19.5 Å². The zero-order valence-corrected chi connectivity index (χ0v) is 19.6. The molecule has 10 heteroatoms. The Labute approximate surface area is 152 Å². The fourth-order valence-electron chi connectivity index (χ4n) is 2.32. The zero-order chi connectivity index (χ0) is 19.3. The molecule has 0 N–H and O–H groups in total. The maximum absolute atomic E-state index is 12.4. The third-order valence-corrected chi connectivity index (χ3v) is 11.4. The van der Waals surface area contributed by atoms with Crippen molar-refractivity contribution in [3.63, 3.8) is 0 Å². The van der Waals surface area contributed by atoms with Gasteiger partial charge < -0.3 is 8.85 Å². The third kappa shape index (κ3) is 4.82. The molecule has 1 rings (SSSR count). The van der Waals surface area contributed by atoms with Crippen molar-refractivity contribution in [2.45, 2.75) is 77.8 Å². The average molecular weight is 416 g/mol. The molecular weight excluding hydrogens is 386 g/mol. The van der Waals surface area contributed by atoms with Crippen molar-refractivity contribution in [1.29, 1.82) is 0 Å². The van der Waals surface area contributed by atoms with Crippen LogP contribution in [-0.4, -0.2) is 47.6 Å². The predicted octanol–water partition coefficient (Wildman–Crippen LogP) is 3.52. The molecule has 0 aromatic rings. The molecule has 0 bridgehead atoms. The first-order valence-corrected chi connectivity index (χ1v) is 16.6. The molecule has 0 aromatic heterocycles. The second-order valence-corrected chi connectivity index (χ2v) is 20.4. The van der Waals surface area contributed by atoms with Gasteiger partial charge in [-0.05, 0) is 44.7 Å². The van der Waals surface area contributed by atoms with Crippen LogP contribution in [0.3, 0.4) is 0 Å². The third-order valence-electron chi connectivity index (χ3n) is 4.54. The molecule has 0 aromatic carbocycles. The Balaban J connectivity index is 3.06. The number of β-lactam (4-membered cyclic amide) rings is 1. The molecule has 24 heavy (non-hydrogen) atoms. The maximum atomic E-state index is 12.4. The van der Waals surface area contributed by atoms with E-state index in [0.29, 0.717) is 4.31 Å². The van der Waals surface area contributed by atoms with E-state index >= 15 is 0 Å². The van der Waals surface area contributed by atoms with Gasteiger partial charge in [0.25, 0.3) is 0 Å². The van der Waals surface area contributed by atoms with Crippen LogP contribution in [0.1, 0.15) is 27.7 Å². The highest BCUT2D eigenvalue weighted by Gasteiger charge is 2.58. The molecule has 0 saturated carbocycles. The van der Waals surface area contributed by atoms with Crippen LogP contribution >= 0.6 is 10.7 Å². The summed E-state index contributed by atoms with van der Waals surface area (Å²) in [6, 6.07) is 0. The van der Waals surface area contributed by atoms with Gasteiger partial charge in [-0.1, -0.05) is 20.8 Å². The molecule has 3 atom stereocenters. The van der Waals surface area contributed by atoms with Gasteiger partial charge >= 0.3 is 9.24 Å². The quantitative estimate of drug-likeness (QED) is 0.377. The van der Waals surface area contributed by atoms with Crippen molar-refractivity contribution in [1.82, 2.24) is 4.31 Å². The smallest absolute Gasteiger partial charge is 0.326 e. The summed E-state index contributed by atoms with van der Waals surface area (Å²) in [5.41, 5.74) is 0. The number of hydrogen-bond acceptors (Lipinski definition) is 5. The first-order chi connectivity index (χ1) is 10.4. The minimum atomic E-state index is -4.17. The van der Waals surface area contributed by atoms with Crippen molar-refractivity contribution in [2.75, 3.05) is 0 Å². The highest BCUT2D eigenvalue weighted by molar-refractivity contribution is 8.12. The van der Waals surface area contributed by atoms with Crippen LogP contribution in [0.25, 0.3) is 0 Å². The lowest BCUT2D eigenvalue weighted by molar-refractivity contribution is -0.170. The summed E-state index contributed by atoms with van der Waals surface area (Å²) in [5.74, 6) is -1.21. The molecule has 1 amide bonds. The molecule has 0 spiro atoms. The number of rotatable bonds is 6. The Morgan fingerprint density at radius 1 is 1.17 bits per heavy atom. The van der Waals surface area contributed by atoms with Crippen molar-refractivity contribution in [2.24, 2.45) is 5.92 Å². The number of halogens is 1. The molecule has 142 valence electrons. The summed E-state index contributed by atoms with van der Waals surface area (Å²) in [5, 5.41) is -0.0125. The largest absolute Gasteiger partial charge is 0.413 e. The number of nitrogens with zero attached hydrogens (tertiary/aromatic N) is 1. The normalized spacial score (nSPS) is 24.8. The second kappa shape index (κ2) is 6.66. The van der Waals surface area contributed by atoms with E-state index in [9.17, 15) is 13.2 Å². The molecule has 0 radical (unpaired) electrons. The summed E-state index contributed by atoms with van der Waals surface area (Å²) in [4.78, 5) is 12.4. The molecule has 1 fully saturated rings. The average Bonchev–Trinajstić information content (AvgIpc) is 2.21. The summed E-state index contributed by atoms with van der Waals surface area (Å²) < 4.78 is 36.3. The molecule has 1 saturated heterocycles. The van der Waals surface area contributed by atoms with Crippen LogP contribution < -0.4 is 0 Å². The molecule has 1 aliphatic heterocycles. The van der Waals surface area contributed by atoms with Gasteiger partial charge in [-0.25, -0.2) is 0 Å². The highest BCUT2D eigenvalue weighted by atomic mass is 35.7. The molecule has 1 heterocycles. The van der Waals surface area contributed by atoms with Crippen molar-refractivity contribution < 1.29 is 22.1 Å². The Hall–Kier alpha value is 0.0638. The Morgan fingerprint density at radius 2 is 1.62 bits per heavy atom. The predicted molar refractivity (Wildman–Crippen MR) is 101 cm³/mol.